The fraction of sp³-hybridized carbons (Fsp3) is 0.917. The maximum absolute atomic E-state index is 11.5. The van der Waals surface area contributed by atoms with E-state index in [1.165, 1.54) is 0 Å². The molecular formula is C12H20O3. The van der Waals surface area contributed by atoms with Gasteiger partial charge in [0.05, 0.1) is 18.6 Å². The lowest BCUT2D eigenvalue weighted by molar-refractivity contribution is -0.228. The molecule has 3 nitrogen and oxygen atoms in total. The second-order valence-corrected chi connectivity index (χ2v) is 5.61. The summed E-state index contributed by atoms with van der Waals surface area (Å²) in [5.41, 5.74) is -0.527. The number of ether oxygens (including phenoxy) is 1. The highest BCUT2D eigenvalue weighted by Gasteiger charge is 2.63. The van der Waals surface area contributed by atoms with Crippen LogP contribution in [0.2, 0.25) is 0 Å². The normalized spacial score (nSPS) is 26.9. The zero-order chi connectivity index (χ0) is 11.1. The van der Waals surface area contributed by atoms with E-state index in [0.717, 1.165) is 25.7 Å². The van der Waals surface area contributed by atoms with Gasteiger partial charge in [0.25, 0.3) is 0 Å². The first-order valence-electron chi connectivity index (χ1n) is 5.84. The minimum atomic E-state index is -0.599. The van der Waals surface area contributed by atoms with Gasteiger partial charge in [-0.05, 0) is 25.2 Å². The van der Waals surface area contributed by atoms with E-state index in [4.69, 9.17) is 4.74 Å². The number of carboxylic acids is 1. The standard InChI is InChI=1S/C12H20O3/c1-9(2)6-11(7-15-8-11)12(10(13)14)4-3-5-12/h9H,3-8H2,1-2H3,(H,13,14). The summed E-state index contributed by atoms with van der Waals surface area (Å²) in [6, 6.07) is 0. The Morgan fingerprint density at radius 3 is 2.20 bits per heavy atom. The highest BCUT2D eigenvalue weighted by Crippen LogP contribution is 2.60. The van der Waals surface area contributed by atoms with Gasteiger partial charge in [0, 0.05) is 5.41 Å². The molecule has 0 aromatic rings. The first kappa shape index (κ1) is 10.9. The Morgan fingerprint density at radius 2 is 2.00 bits per heavy atom. The lowest BCUT2D eigenvalue weighted by Gasteiger charge is -2.58. The quantitative estimate of drug-likeness (QED) is 0.777. The molecule has 0 unspecified atom stereocenters. The summed E-state index contributed by atoms with van der Waals surface area (Å²) in [6.45, 7) is 5.62. The molecule has 86 valence electrons. The maximum Gasteiger partial charge on any atom is 0.310 e. The molecule has 0 radical (unpaired) electrons. The van der Waals surface area contributed by atoms with Crippen LogP contribution in [0.25, 0.3) is 0 Å². The number of rotatable bonds is 4. The Balaban J connectivity index is 2.20. The van der Waals surface area contributed by atoms with Gasteiger partial charge in [-0.15, -0.1) is 0 Å². The van der Waals surface area contributed by atoms with Crippen LogP contribution in [0.15, 0.2) is 0 Å². The van der Waals surface area contributed by atoms with Gasteiger partial charge in [-0.1, -0.05) is 20.3 Å². The second-order valence-electron chi connectivity index (χ2n) is 5.61. The Kier molecular flexibility index (Phi) is 2.53. The zero-order valence-electron chi connectivity index (χ0n) is 9.58. The topological polar surface area (TPSA) is 46.5 Å². The van der Waals surface area contributed by atoms with E-state index in [2.05, 4.69) is 13.8 Å². The lowest BCUT2D eigenvalue weighted by Crippen LogP contribution is -2.62. The molecule has 1 saturated heterocycles. The van der Waals surface area contributed by atoms with Crippen LogP contribution in [0.4, 0.5) is 0 Å². The first-order valence-corrected chi connectivity index (χ1v) is 5.84. The molecule has 0 aromatic heterocycles. The van der Waals surface area contributed by atoms with Crippen molar-refractivity contribution in [2.75, 3.05) is 13.2 Å². The molecular weight excluding hydrogens is 192 g/mol. The van der Waals surface area contributed by atoms with Crippen molar-refractivity contribution in [3.63, 3.8) is 0 Å². The molecule has 15 heavy (non-hydrogen) atoms. The van der Waals surface area contributed by atoms with Gasteiger partial charge >= 0.3 is 5.97 Å². The average molecular weight is 212 g/mol. The van der Waals surface area contributed by atoms with Gasteiger partial charge in [-0.2, -0.15) is 0 Å². The second kappa shape index (κ2) is 3.48. The van der Waals surface area contributed by atoms with Crippen molar-refractivity contribution in [2.45, 2.75) is 39.5 Å². The summed E-state index contributed by atoms with van der Waals surface area (Å²) in [5, 5.41) is 9.44. The first-order chi connectivity index (χ1) is 7.02. The van der Waals surface area contributed by atoms with Crippen LogP contribution in [0.3, 0.4) is 0 Å². The minimum Gasteiger partial charge on any atom is -0.481 e. The Morgan fingerprint density at radius 1 is 1.40 bits per heavy atom. The summed E-state index contributed by atoms with van der Waals surface area (Å²) in [7, 11) is 0. The van der Waals surface area contributed by atoms with Gasteiger partial charge in [-0.25, -0.2) is 0 Å². The number of hydrogen-bond donors (Lipinski definition) is 1. The molecule has 3 heteroatoms. The summed E-state index contributed by atoms with van der Waals surface area (Å²) >= 11 is 0. The Labute approximate surface area is 90.8 Å². The smallest absolute Gasteiger partial charge is 0.310 e. The molecule has 0 atom stereocenters. The summed E-state index contributed by atoms with van der Waals surface area (Å²) < 4.78 is 5.31. The van der Waals surface area contributed by atoms with Gasteiger partial charge in [-0.3, -0.25) is 4.79 Å². The minimum absolute atomic E-state index is 0.0642. The van der Waals surface area contributed by atoms with Gasteiger partial charge in [0.15, 0.2) is 0 Å². The number of hydrogen-bond acceptors (Lipinski definition) is 2. The molecule has 2 fully saturated rings. The van der Waals surface area contributed by atoms with E-state index in [1.807, 2.05) is 0 Å². The van der Waals surface area contributed by atoms with Crippen LogP contribution >= 0.6 is 0 Å². The van der Waals surface area contributed by atoms with Crippen LogP contribution in [0, 0.1) is 16.7 Å². The maximum atomic E-state index is 11.5. The van der Waals surface area contributed by atoms with Crippen LogP contribution in [-0.2, 0) is 9.53 Å². The van der Waals surface area contributed by atoms with E-state index in [9.17, 15) is 9.90 Å². The van der Waals surface area contributed by atoms with Gasteiger partial charge in [0.2, 0.25) is 0 Å². The molecule has 1 heterocycles. The lowest BCUT2D eigenvalue weighted by atomic mass is 9.50. The van der Waals surface area contributed by atoms with Gasteiger partial charge < -0.3 is 9.84 Å². The highest BCUT2D eigenvalue weighted by molar-refractivity contribution is 5.77. The molecule has 1 aliphatic carbocycles. The molecule has 1 N–H and O–H groups in total. The van der Waals surface area contributed by atoms with Crippen LogP contribution in [0.1, 0.15) is 39.5 Å². The predicted octanol–water partition coefficient (Wildman–Crippen LogP) is 2.30. The molecule has 1 aliphatic heterocycles. The zero-order valence-corrected chi connectivity index (χ0v) is 9.58. The monoisotopic (exact) mass is 212 g/mol. The van der Waals surface area contributed by atoms with E-state index in [-0.39, 0.29) is 5.41 Å². The SMILES string of the molecule is CC(C)CC1(C2(C(=O)O)CCC2)COC1. The Bertz CT molecular complexity index is 262. The third-order valence-corrected chi connectivity index (χ3v) is 4.19. The Hall–Kier alpha value is -0.570. The molecule has 0 bridgehead atoms. The van der Waals surface area contributed by atoms with Crippen molar-refractivity contribution in [1.29, 1.82) is 0 Å². The van der Waals surface area contributed by atoms with Crippen molar-refractivity contribution in [2.24, 2.45) is 16.7 Å². The molecule has 0 spiro atoms. The number of aliphatic carboxylic acids is 1. The summed E-state index contributed by atoms with van der Waals surface area (Å²) in [4.78, 5) is 11.5. The number of carboxylic acid groups (broad SMARTS) is 1. The van der Waals surface area contributed by atoms with Crippen LogP contribution < -0.4 is 0 Å². The molecule has 2 aliphatic rings. The van der Waals surface area contributed by atoms with Crippen LogP contribution in [-0.4, -0.2) is 24.3 Å². The fourth-order valence-corrected chi connectivity index (χ4v) is 3.22. The molecule has 0 aromatic carbocycles. The fourth-order valence-electron chi connectivity index (χ4n) is 3.22. The van der Waals surface area contributed by atoms with Crippen LogP contribution in [0.5, 0.6) is 0 Å². The van der Waals surface area contributed by atoms with Crippen molar-refractivity contribution >= 4 is 5.97 Å². The van der Waals surface area contributed by atoms with Crippen molar-refractivity contribution in [3.05, 3.63) is 0 Å². The summed E-state index contributed by atoms with van der Waals surface area (Å²) in [5.74, 6) is -0.0524. The van der Waals surface area contributed by atoms with Crippen molar-refractivity contribution < 1.29 is 14.6 Å². The molecule has 1 saturated carbocycles. The highest BCUT2D eigenvalue weighted by atomic mass is 16.5. The molecule has 2 rings (SSSR count). The van der Waals surface area contributed by atoms with E-state index >= 15 is 0 Å². The largest absolute Gasteiger partial charge is 0.481 e. The third-order valence-electron chi connectivity index (χ3n) is 4.19. The van der Waals surface area contributed by atoms with Crippen molar-refractivity contribution in [1.82, 2.24) is 0 Å². The average Bonchev–Trinajstić information content (AvgIpc) is 1.95. The van der Waals surface area contributed by atoms with Gasteiger partial charge in [0.1, 0.15) is 0 Å². The summed E-state index contributed by atoms with van der Waals surface area (Å²) in [6.07, 6.45) is 3.74. The molecule has 0 amide bonds. The van der Waals surface area contributed by atoms with E-state index < -0.39 is 11.4 Å². The predicted molar refractivity (Wildman–Crippen MR) is 56.6 cm³/mol. The number of carbonyl (C=O) groups is 1. The van der Waals surface area contributed by atoms with Crippen molar-refractivity contribution in [3.8, 4) is 0 Å². The third kappa shape index (κ3) is 1.40. The van der Waals surface area contributed by atoms with E-state index in [1.54, 1.807) is 0 Å². The van der Waals surface area contributed by atoms with E-state index in [0.29, 0.717) is 19.1 Å².